The van der Waals surface area contributed by atoms with Gasteiger partial charge in [-0.25, -0.2) is 9.78 Å². The summed E-state index contributed by atoms with van der Waals surface area (Å²) in [5, 5.41) is 0. The van der Waals surface area contributed by atoms with Gasteiger partial charge in [-0.2, -0.15) is 0 Å². The molecule has 0 aliphatic carbocycles. The van der Waals surface area contributed by atoms with E-state index >= 15 is 0 Å². The average molecular weight is 279 g/mol. The third-order valence-corrected chi connectivity index (χ3v) is 2.49. The lowest BCUT2D eigenvalue weighted by molar-refractivity contribution is 0.0728. The molecule has 0 amide bonds. The molecule has 7 nitrogen and oxygen atoms in total. The molecule has 0 atom stereocenters. The SMILES string of the molecule is COc1cc(OC(=O)c2cocn2)cc(OC)c1OC. The maximum absolute atomic E-state index is 11.8. The Kier molecular flexibility index (Phi) is 4.09. The summed E-state index contributed by atoms with van der Waals surface area (Å²) in [5.74, 6) is 0.779. The molecule has 2 rings (SSSR count). The Labute approximate surface area is 115 Å². The van der Waals surface area contributed by atoms with Gasteiger partial charge >= 0.3 is 5.97 Å². The molecule has 0 radical (unpaired) electrons. The molecule has 0 fully saturated rings. The molecule has 0 unspecified atom stereocenters. The molecule has 0 saturated carbocycles. The zero-order chi connectivity index (χ0) is 14.5. The van der Waals surface area contributed by atoms with Crippen LogP contribution in [0.3, 0.4) is 0 Å². The van der Waals surface area contributed by atoms with Crippen molar-refractivity contribution in [3.05, 3.63) is 30.5 Å². The predicted octanol–water partition coefficient (Wildman–Crippen LogP) is 1.92. The summed E-state index contributed by atoms with van der Waals surface area (Å²) in [7, 11) is 4.43. The highest BCUT2D eigenvalue weighted by atomic mass is 16.5. The quantitative estimate of drug-likeness (QED) is 0.611. The van der Waals surface area contributed by atoms with Gasteiger partial charge in [0.1, 0.15) is 12.0 Å². The normalized spacial score (nSPS) is 9.95. The van der Waals surface area contributed by atoms with Crippen molar-refractivity contribution in [3.8, 4) is 23.0 Å². The maximum atomic E-state index is 11.8. The molecule has 0 spiro atoms. The van der Waals surface area contributed by atoms with Crippen molar-refractivity contribution in [1.82, 2.24) is 4.98 Å². The van der Waals surface area contributed by atoms with Gasteiger partial charge in [-0.1, -0.05) is 0 Å². The minimum absolute atomic E-state index is 0.0683. The zero-order valence-electron chi connectivity index (χ0n) is 11.2. The third-order valence-electron chi connectivity index (χ3n) is 2.49. The van der Waals surface area contributed by atoms with Gasteiger partial charge in [0.2, 0.25) is 5.75 Å². The van der Waals surface area contributed by atoms with Crippen LogP contribution in [0.25, 0.3) is 0 Å². The fourth-order valence-corrected chi connectivity index (χ4v) is 1.59. The largest absolute Gasteiger partial charge is 0.493 e. The van der Waals surface area contributed by atoms with Crippen LogP contribution in [0.5, 0.6) is 23.0 Å². The van der Waals surface area contributed by atoms with E-state index in [1.54, 1.807) is 0 Å². The maximum Gasteiger partial charge on any atom is 0.365 e. The molecule has 20 heavy (non-hydrogen) atoms. The van der Waals surface area contributed by atoms with Crippen molar-refractivity contribution < 1.29 is 28.2 Å². The van der Waals surface area contributed by atoms with Gasteiger partial charge in [-0.3, -0.25) is 0 Å². The Bertz CT molecular complexity index is 568. The van der Waals surface area contributed by atoms with Crippen LogP contribution in [0.1, 0.15) is 10.5 Å². The second-order valence-corrected chi connectivity index (χ2v) is 3.62. The van der Waals surface area contributed by atoms with Crippen LogP contribution >= 0.6 is 0 Å². The fraction of sp³-hybridized carbons (Fsp3) is 0.231. The lowest BCUT2D eigenvalue weighted by atomic mass is 10.2. The van der Waals surface area contributed by atoms with E-state index in [0.717, 1.165) is 6.39 Å². The number of carbonyl (C=O) groups excluding carboxylic acids is 1. The summed E-state index contributed by atoms with van der Waals surface area (Å²) in [4.78, 5) is 15.5. The number of oxazole rings is 1. The van der Waals surface area contributed by atoms with E-state index in [1.165, 1.54) is 39.7 Å². The second kappa shape index (κ2) is 5.96. The number of benzene rings is 1. The predicted molar refractivity (Wildman–Crippen MR) is 67.6 cm³/mol. The molecular formula is C13H13NO6. The van der Waals surface area contributed by atoms with Crippen LogP contribution in [0.15, 0.2) is 29.2 Å². The van der Waals surface area contributed by atoms with E-state index in [1.807, 2.05) is 0 Å². The molecule has 0 aliphatic rings. The van der Waals surface area contributed by atoms with E-state index < -0.39 is 5.97 Å². The highest BCUT2D eigenvalue weighted by molar-refractivity contribution is 5.88. The number of ether oxygens (including phenoxy) is 4. The molecule has 1 aromatic carbocycles. The number of methoxy groups -OCH3 is 3. The van der Waals surface area contributed by atoms with Crippen molar-refractivity contribution in [2.75, 3.05) is 21.3 Å². The Balaban J connectivity index is 2.30. The lowest BCUT2D eigenvalue weighted by Gasteiger charge is -2.13. The van der Waals surface area contributed by atoms with Crippen LogP contribution in [0, 0.1) is 0 Å². The Hall–Kier alpha value is -2.70. The standard InChI is InChI=1S/C13H13NO6/c1-16-10-4-8(5-11(17-2)12(10)18-3)20-13(15)9-6-19-7-14-9/h4-7H,1-3H3. The first-order valence-electron chi connectivity index (χ1n) is 5.60. The highest BCUT2D eigenvalue weighted by Gasteiger charge is 2.17. The first-order valence-corrected chi connectivity index (χ1v) is 5.60. The Morgan fingerprint density at radius 2 is 1.75 bits per heavy atom. The number of hydrogen-bond acceptors (Lipinski definition) is 7. The lowest BCUT2D eigenvalue weighted by Crippen LogP contribution is -2.09. The molecule has 1 heterocycles. The molecule has 1 aromatic heterocycles. The van der Waals surface area contributed by atoms with Gasteiger partial charge < -0.3 is 23.4 Å². The molecule has 0 bridgehead atoms. The van der Waals surface area contributed by atoms with E-state index in [4.69, 9.17) is 23.4 Å². The van der Waals surface area contributed by atoms with Crippen LogP contribution < -0.4 is 18.9 Å². The van der Waals surface area contributed by atoms with Crippen molar-refractivity contribution in [2.24, 2.45) is 0 Å². The molecule has 106 valence electrons. The van der Waals surface area contributed by atoms with E-state index in [-0.39, 0.29) is 11.4 Å². The Morgan fingerprint density at radius 3 is 2.20 bits per heavy atom. The summed E-state index contributed by atoms with van der Waals surface area (Å²) in [6.45, 7) is 0. The Morgan fingerprint density at radius 1 is 1.10 bits per heavy atom. The second-order valence-electron chi connectivity index (χ2n) is 3.62. The van der Waals surface area contributed by atoms with Crippen LogP contribution in [-0.4, -0.2) is 32.3 Å². The average Bonchev–Trinajstić information content (AvgIpc) is 3.00. The van der Waals surface area contributed by atoms with E-state index in [2.05, 4.69) is 4.98 Å². The number of esters is 1. The molecule has 7 heteroatoms. The molecule has 0 aliphatic heterocycles. The first kappa shape index (κ1) is 13.7. The molecule has 2 aromatic rings. The van der Waals surface area contributed by atoms with Crippen LogP contribution in [-0.2, 0) is 0 Å². The minimum atomic E-state index is -0.645. The fourth-order valence-electron chi connectivity index (χ4n) is 1.59. The summed E-state index contributed by atoms with van der Waals surface area (Å²) >= 11 is 0. The molecule has 0 saturated heterocycles. The number of hydrogen-bond donors (Lipinski definition) is 0. The first-order chi connectivity index (χ1) is 9.69. The molecule has 0 N–H and O–H groups in total. The van der Waals surface area contributed by atoms with Crippen LogP contribution in [0.2, 0.25) is 0 Å². The minimum Gasteiger partial charge on any atom is -0.493 e. The molecular weight excluding hydrogens is 266 g/mol. The van der Waals surface area contributed by atoms with E-state index in [9.17, 15) is 4.79 Å². The topological polar surface area (TPSA) is 80.0 Å². The van der Waals surface area contributed by atoms with Crippen molar-refractivity contribution >= 4 is 5.97 Å². The van der Waals surface area contributed by atoms with Gasteiger partial charge in [0.15, 0.2) is 23.6 Å². The summed E-state index contributed by atoms with van der Waals surface area (Å²) in [6, 6.07) is 3.03. The van der Waals surface area contributed by atoms with Crippen molar-refractivity contribution in [3.63, 3.8) is 0 Å². The monoisotopic (exact) mass is 279 g/mol. The van der Waals surface area contributed by atoms with Crippen molar-refractivity contribution in [1.29, 1.82) is 0 Å². The number of aromatic nitrogens is 1. The summed E-state index contributed by atoms with van der Waals surface area (Å²) < 4.78 is 25.4. The smallest absolute Gasteiger partial charge is 0.365 e. The van der Waals surface area contributed by atoms with Crippen LogP contribution in [0.4, 0.5) is 0 Å². The summed E-state index contributed by atoms with van der Waals surface area (Å²) in [6.07, 6.45) is 2.34. The van der Waals surface area contributed by atoms with Gasteiger partial charge in [-0.05, 0) is 0 Å². The number of nitrogens with zero attached hydrogens (tertiary/aromatic N) is 1. The number of carbonyl (C=O) groups is 1. The number of rotatable bonds is 5. The van der Waals surface area contributed by atoms with Gasteiger partial charge in [0.05, 0.1) is 21.3 Å². The van der Waals surface area contributed by atoms with Gasteiger partial charge in [-0.15, -0.1) is 0 Å². The zero-order valence-corrected chi connectivity index (χ0v) is 11.2. The van der Waals surface area contributed by atoms with E-state index in [0.29, 0.717) is 17.2 Å². The van der Waals surface area contributed by atoms with Gasteiger partial charge in [0.25, 0.3) is 0 Å². The third kappa shape index (κ3) is 2.66. The van der Waals surface area contributed by atoms with Gasteiger partial charge in [0, 0.05) is 12.1 Å². The highest BCUT2D eigenvalue weighted by Crippen LogP contribution is 2.40. The van der Waals surface area contributed by atoms with Crippen molar-refractivity contribution in [2.45, 2.75) is 0 Å². The summed E-state index contributed by atoms with van der Waals surface area (Å²) in [5.41, 5.74) is 0.0683.